The molecule has 0 saturated carbocycles. The second-order valence-corrected chi connectivity index (χ2v) is 6.42. The largest absolute Gasteiger partial charge is 0.435 e. The maximum Gasteiger partial charge on any atom is 0.435 e. The van der Waals surface area contributed by atoms with E-state index in [9.17, 15) is 22.8 Å². The molecule has 1 N–H and O–H groups in total. The average Bonchev–Trinajstić information content (AvgIpc) is 3.06. The van der Waals surface area contributed by atoms with E-state index in [1.807, 2.05) is 0 Å². The highest BCUT2D eigenvalue weighted by Gasteiger charge is 2.35. The first-order chi connectivity index (χ1) is 13.2. The van der Waals surface area contributed by atoms with Crippen molar-refractivity contribution in [1.29, 1.82) is 0 Å². The number of nitrogens with zero attached hydrogens (tertiary/aromatic N) is 3. The second-order valence-electron chi connectivity index (χ2n) is 6.42. The van der Waals surface area contributed by atoms with Crippen LogP contribution in [-0.4, -0.2) is 52.8 Å². The Kier molecular flexibility index (Phi) is 5.41. The number of hydrogen-bond acceptors (Lipinski definition) is 4. The van der Waals surface area contributed by atoms with Gasteiger partial charge in [0.05, 0.1) is 13.2 Å². The van der Waals surface area contributed by atoms with E-state index in [1.54, 1.807) is 24.0 Å². The number of amides is 2. The van der Waals surface area contributed by atoms with Crippen molar-refractivity contribution in [3.05, 3.63) is 46.8 Å². The van der Waals surface area contributed by atoms with Crippen LogP contribution in [-0.2, 0) is 18.0 Å². The molecule has 1 aliphatic heterocycles. The number of morpholine rings is 1. The highest BCUT2D eigenvalue weighted by atomic mass is 19.4. The lowest BCUT2D eigenvalue weighted by Gasteiger charge is -2.27. The Morgan fingerprint density at radius 1 is 1.18 bits per heavy atom. The van der Waals surface area contributed by atoms with Gasteiger partial charge in [-0.05, 0) is 24.6 Å². The second kappa shape index (κ2) is 7.63. The highest BCUT2D eigenvalue weighted by molar-refractivity contribution is 6.04. The van der Waals surface area contributed by atoms with Crippen LogP contribution in [0, 0.1) is 6.92 Å². The molecule has 0 unspecified atom stereocenters. The number of carbonyl (C=O) groups excluding carboxylic acids is 2. The van der Waals surface area contributed by atoms with Gasteiger partial charge in [0.15, 0.2) is 5.69 Å². The van der Waals surface area contributed by atoms with Crippen LogP contribution < -0.4 is 5.32 Å². The molecule has 10 heteroatoms. The number of aryl methyl sites for hydroxylation is 2. The normalized spacial score (nSPS) is 14.8. The third-order valence-electron chi connectivity index (χ3n) is 4.43. The molecule has 0 aliphatic carbocycles. The Bertz CT molecular complexity index is 902. The number of anilines is 1. The number of nitrogens with one attached hydrogen (secondary N) is 1. The van der Waals surface area contributed by atoms with E-state index in [-0.39, 0.29) is 11.6 Å². The van der Waals surface area contributed by atoms with E-state index in [4.69, 9.17) is 4.74 Å². The summed E-state index contributed by atoms with van der Waals surface area (Å²) in [5.41, 5.74) is 0.0678. The number of ether oxygens (including phenoxy) is 1. The molecule has 0 bridgehead atoms. The summed E-state index contributed by atoms with van der Waals surface area (Å²) in [6.45, 7) is 3.65. The van der Waals surface area contributed by atoms with Crippen molar-refractivity contribution in [3.8, 4) is 0 Å². The van der Waals surface area contributed by atoms with Crippen LogP contribution in [0.2, 0.25) is 0 Å². The lowest BCUT2D eigenvalue weighted by Crippen LogP contribution is -2.41. The lowest BCUT2D eigenvalue weighted by molar-refractivity contribution is -0.141. The van der Waals surface area contributed by atoms with Gasteiger partial charge in [0.1, 0.15) is 5.69 Å². The summed E-state index contributed by atoms with van der Waals surface area (Å²) in [6, 6.07) is 5.47. The standard InChI is InChI=1S/C18H19F3N4O3/c1-11-3-4-12(9-13(11)17(27)25-5-7-28-8-6-25)22-16(26)14-10-15(18(19,20)21)23-24(14)2/h3-4,9-10H,5-8H2,1-2H3,(H,22,26). The van der Waals surface area contributed by atoms with E-state index in [2.05, 4.69) is 10.4 Å². The first kappa shape index (κ1) is 19.9. The van der Waals surface area contributed by atoms with Gasteiger partial charge in [0.2, 0.25) is 0 Å². The van der Waals surface area contributed by atoms with Crippen molar-refractivity contribution in [2.45, 2.75) is 13.1 Å². The van der Waals surface area contributed by atoms with E-state index in [0.29, 0.717) is 43.6 Å². The summed E-state index contributed by atoms with van der Waals surface area (Å²) < 4.78 is 44.4. The maximum atomic E-state index is 12.8. The van der Waals surface area contributed by atoms with Crippen molar-refractivity contribution in [2.75, 3.05) is 31.6 Å². The van der Waals surface area contributed by atoms with Gasteiger partial charge in [0, 0.05) is 37.5 Å². The first-order valence-electron chi connectivity index (χ1n) is 8.57. The molecule has 1 aliphatic rings. The Hall–Kier alpha value is -2.88. The van der Waals surface area contributed by atoms with Gasteiger partial charge >= 0.3 is 6.18 Å². The predicted octanol–water partition coefficient (Wildman–Crippen LogP) is 2.47. The number of halogens is 3. The van der Waals surface area contributed by atoms with Crippen molar-refractivity contribution < 1.29 is 27.5 Å². The zero-order chi connectivity index (χ0) is 20.5. The van der Waals surface area contributed by atoms with Crippen LogP contribution in [0.25, 0.3) is 0 Å². The SMILES string of the molecule is Cc1ccc(NC(=O)c2cc(C(F)(F)F)nn2C)cc1C(=O)N1CCOCC1. The number of alkyl halides is 3. The summed E-state index contributed by atoms with van der Waals surface area (Å²) >= 11 is 0. The minimum absolute atomic E-state index is 0.184. The Morgan fingerprint density at radius 3 is 2.46 bits per heavy atom. The molecule has 2 heterocycles. The van der Waals surface area contributed by atoms with Gasteiger partial charge in [0.25, 0.3) is 11.8 Å². The molecule has 0 spiro atoms. The Morgan fingerprint density at radius 2 is 1.86 bits per heavy atom. The van der Waals surface area contributed by atoms with Gasteiger partial charge < -0.3 is 15.0 Å². The van der Waals surface area contributed by atoms with Gasteiger partial charge in [-0.25, -0.2) is 0 Å². The molecule has 1 aromatic heterocycles. The lowest BCUT2D eigenvalue weighted by atomic mass is 10.1. The molecule has 2 amide bonds. The number of aromatic nitrogens is 2. The Labute approximate surface area is 159 Å². The zero-order valence-electron chi connectivity index (χ0n) is 15.3. The van der Waals surface area contributed by atoms with Crippen molar-refractivity contribution in [2.24, 2.45) is 7.05 Å². The highest BCUT2D eigenvalue weighted by Crippen LogP contribution is 2.28. The minimum atomic E-state index is -4.64. The zero-order valence-corrected chi connectivity index (χ0v) is 15.3. The van der Waals surface area contributed by atoms with Crippen molar-refractivity contribution >= 4 is 17.5 Å². The third-order valence-corrected chi connectivity index (χ3v) is 4.43. The van der Waals surface area contributed by atoms with E-state index < -0.39 is 17.8 Å². The minimum Gasteiger partial charge on any atom is -0.378 e. The fourth-order valence-corrected chi connectivity index (χ4v) is 2.88. The fourth-order valence-electron chi connectivity index (χ4n) is 2.88. The number of carbonyl (C=O) groups is 2. The smallest absolute Gasteiger partial charge is 0.378 e. The summed E-state index contributed by atoms with van der Waals surface area (Å²) in [5.74, 6) is -0.934. The molecule has 7 nitrogen and oxygen atoms in total. The summed E-state index contributed by atoms with van der Waals surface area (Å²) in [5, 5.41) is 5.85. The molecule has 0 atom stereocenters. The van der Waals surface area contributed by atoms with Gasteiger partial charge in [-0.15, -0.1) is 0 Å². The number of rotatable bonds is 3. The molecule has 28 heavy (non-hydrogen) atoms. The molecule has 2 aromatic rings. The van der Waals surface area contributed by atoms with Gasteiger partial charge in [-0.2, -0.15) is 18.3 Å². The molecule has 0 radical (unpaired) electrons. The van der Waals surface area contributed by atoms with Crippen LogP contribution in [0.3, 0.4) is 0 Å². The molecule has 3 rings (SSSR count). The van der Waals surface area contributed by atoms with Gasteiger partial charge in [-0.3, -0.25) is 14.3 Å². The van der Waals surface area contributed by atoms with Crippen LogP contribution in [0.15, 0.2) is 24.3 Å². The van der Waals surface area contributed by atoms with Crippen LogP contribution >= 0.6 is 0 Å². The molecule has 1 saturated heterocycles. The quantitative estimate of drug-likeness (QED) is 0.865. The Balaban J connectivity index is 1.80. The predicted molar refractivity (Wildman–Crippen MR) is 94.1 cm³/mol. The van der Waals surface area contributed by atoms with Gasteiger partial charge in [-0.1, -0.05) is 6.07 Å². The maximum absolute atomic E-state index is 12.8. The molecular formula is C18H19F3N4O3. The topological polar surface area (TPSA) is 76.5 Å². The summed E-state index contributed by atoms with van der Waals surface area (Å²) in [7, 11) is 1.26. The van der Waals surface area contributed by atoms with Crippen molar-refractivity contribution in [1.82, 2.24) is 14.7 Å². The number of hydrogen-bond donors (Lipinski definition) is 1. The summed E-state index contributed by atoms with van der Waals surface area (Å²) in [4.78, 5) is 26.8. The number of benzene rings is 1. The van der Waals surface area contributed by atoms with E-state index in [0.717, 1.165) is 10.2 Å². The van der Waals surface area contributed by atoms with Crippen LogP contribution in [0.5, 0.6) is 0 Å². The third kappa shape index (κ3) is 4.16. The summed E-state index contributed by atoms with van der Waals surface area (Å²) in [6.07, 6.45) is -4.64. The molecular weight excluding hydrogens is 377 g/mol. The monoisotopic (exact) mass is 396 g/mol. The van der Waals surface area contributed by atoms with Crippen LogP contribution in [0.1, 0.15) is 32.1 Å². The van der Waals surface area contributed by atoms with E-state index in [1.165, 1.54) is 13.1 Å². The van der Waals surface area contributed by atoms with Crippen LogP contribution in [0.4, 0.5) is 18.9 Å². The molecule has 1 aromatic carbocycles. The van der Waals surface area contributed by atoms with Crippen molar-refractivity contribution in [3.63, 3.8) is 0 Å². The first-order valence-corrected chi connectivity index (χ1v) is 8.57. The molecule has 150 valence electrons. The van der Waals surface area contributed by atoms with E-state index >= 15 is 0 Å². The molecule has 1 fully saturated rings. The average molecular weight is 396 g/mol. The fraction of sp³-hybridized carbons (Fsp3) is 0.389.